The van der Waals surface area contributed by atoms with Crippen LogP contribution in [0.5, 0.6) is 0 Å². The maximum atomic E-state index is 5.44. The van der Waals surface area contributed by atoms with E-state index in [0.717, 1.165) is 28.0 Å². The third-order valence-corrected chi connectivity index (χ3v) is 4.35. The first-order valence-corrected chi connectivity index (χ1v) is 7.28. The van der Waals surface area contributed by atoms with Gasteiger partial charge in [0.1, 0.15) is 0 Å². The van der Waals surface area contributed by atoms with Gasteiger partial charge in [-0.15, -0.1) is 0 Å². The van der Waals surface area contributed by atoms with Gasteiger partial charge in [-0.2, -0.15) is 0 Å². The summed E-state index contributed by atoms with van der Waals surface area (Å²) in [4.78, 5) is 10.2. The van der Waals surface area contributed by atoms with Crippen LogP contribution in [0.2, 0.25) is 0 Å². The maximum absolute atomic E-state index is 5.44. The van der Waals surface area contributed by atoms with Gasteiger partial charge < -0.3 is 14.5 Å². The topological polar surface area (TPSA) is 36.9 Å². The second-order valence-electron chi connectivity index (χ2n) is 5.67. The Labute approximate surface area is 118 Å². The van der Waals surface area contributed by atoms with E-state index >= 15 is 0 Å². The van der Waals surface area contributed by atoms with Crippen molar-refractivity contribution in [2.45, 2.75) is 26.3 Å². The lowest BCUT2D eigenvalue weighted by molar-refractivity contribution is 0.205. The van der Waals surface area contributed by atoms with Gasteiger partial charge in [-0.1, -0.05) is 0 Å². The van der Waals surface area contributed by atoms with Crippen LogP contribution in [0.4, 0.5) is 0 Å². The largest absolute Gasteiger partial charge is 0.329 e. The number of hydrogen-bond acceptors (Lipinski definition) is 3. The van der Waals surface area contributed by atoms with E-state index in [1.165, 1.54) is 25.9 Å². The molecule has 19 heavy (non-hydrogen) atoms. The number of rotatable bonds is 2. The van der Waals surface area contributed by atoms with Gasteiger partial charge in [0.15, 0.2) is 10.4 Å². The Morgan fingerprint density at radius 2 is 2.16 bits per heavy atom. The molecule has 102 valence electrons. The summed E-state index contributed by atoms with van der Waals surface area (Å²) in [5.41, 5.74) is 3.21. The molecule has 0 bridgehead atoms. The zero-order valence-corrected chi connectivity index (χ0v) is 12.3. The van der Waals surface area contributed by atoms with Crippen LogP contribution in [0.1, 0.15) is 18.4 Å². The quantitative estimate of drug-likeness (QED) is 0.857. The van der Waals surface area contributed by atoms with Crippen molar-refractivity contribution in [3.05, 3.63) is 22.6 Å². The first kappa shape index (κ1) is 12.8. The zero-order valence-electron chi connectivity index (χ0n) is 11.5. The normalized spacial score (nSPS) is 18.2. The van der Waals surface area contributed by atoms with Crippen molar-refractivity contribution < 1.29 is 0 Å². The number of hydrogen-bond donors (Lipinski definition) is 1. The van der Waals surface area contributed by atoms with E-state index in [1.807, 2.05) is 6.20 Å². The lowest BCUT2D eigenvalue weighted by atomic mass is 9.97. The highest BCUT2D eigenvalue weighted by molar-refractivity contribution is 7.71. The van der Waals surface area contributed by atoms with Gasteiger partial charge in [0.05, 0.1) is 5.52 Å². The van der Waals surface area contributed by atoms with Gasteiger partial charge in [0, 0.05) is 12.7 Å². The molecule has 3 heterocycles. The second kappa shape index (κ2) is 5.06. The molecule has 5 heteroatoms. The molecule has 0 spiro atoms. The molecule has 2 aromatic heterocycles. The summed E-state index contributed by atoms with van der Waals surface area (Å²) in [5.74, 6) is 0.713. The summed E-state index contributed by atoms with van der Waals surface area (Å²) >= 11 is 5.44. The predicted octanol–water partition coefficient (Wildman–Crippen LogP) is 2.74. The highest BCUT2D eigenvalue weighted by atomic mass is 32.1. The number of nitrogens with one attached hydrogen (secondary N) is 1. The van der Waals surface area contributed by atoms with Crippen LogP contribution >= 0.6 is 12.2 Å². The third-order valence-electron chi connectivity index (χ3n) is 4.02. The molecule has 1 saturated heterocycles. The molecule has 0 aromatic carbocycles. The first-order valence-electron chi connectivity index (χ1n) is 6.87. The molecule has 1 aliphatic heterocycles. The van der Waals surface area contributed by atoms with Crippen LogP contribution in [0.3, 0.4) is 0 Å². The number of fused-ring (bicyclic) bond motifs is 1. The van der Waals surface area contributed by atoms with Crippen molar-refractivity contribution in [2.24, 2.45) is 5.92 Å². The number of likely N-dealkylation sites (tertiary alicyclic amines) is 1. The van der Waals surface area contributed by atoms with Crippen LogP contribution in [-0.4, -0.2) is 39.6 Å². The average Bonchev–Trinajstić information content (AvgIpc) is 2.68. The predicted molar refractivity (Wildman–Crippen MR) is 79.9 cm³/mol. The number of aromatic amines is 1. The number of aryl methyl sites for hydroxylation is 1. The number of imidazole rings is 1. The van der Waals surface area contributed by atoms with Gasteiger partial charge in [0.2, 0.25) is 0 Å². The molecule has 3 rings (SSSR count). The van der Waals surface area contributed by atoms with E-state index in [0.29, 0.717) is 5.92 Å². The lowest BCUT2D eigenvalue weighted by Crippen LogP contribution is -2.31. The molecule has 0 amide bonds. The van der Waals surface area contributed by atoms with Crippen molar-refractivity contribution in [1.82, 2.24) is 19.4 Å². The molecule has 0 atom stereocenters. The summed E-state index contributed by atoms with van der Waals surface area (Å²) in [6, 6.07) is 2.11. The molecule has 1 fully saturated rings. The van der Waals surface area contributed by atoms with E-state index < -0.39 is 0 Å². The van der Waals surface area contributed by atoms with Gasteiger partial charge in [-0.25, -0.2) is 4.98 Å². The molecule has 1 N–H and O–H groups in total. The Balaban J connectivity index is 1.88. The minimum atomic E-state index is 0.713. The molecular weight excluding hydrogens is 256 g/mol. The highest BCUT2D eigenvalue weighted by Gasteiger charge is 2.18. The van der Waals surface area contributed by atoms with Crippen LogP contribution < -0.4 is 0 Å². The molecule has 0 saturated carbocycles. The third kappa shape index (κ3) is 2.58. The van der Waals surface area contributed by atoms with Crippen molar-refractivity contribution in [1.29, 1.82) is 0 Å². The van der Waals surface area contributed by atoms with Gasteiger partial charge in [0.25, 0.3) is 0 Å². The highest BCUT2D eigenvalue weighted by Crippen LogP contribution is 2.21. The monoisotopic (exact) mass is 276 g/mol. The standard InChI is InChI=1S/C14H20N4S/c1-10-7-12-13(15-8-10)18(14(19)16-12)9-11-3-5-17(2)6-4-11/h7-8,11H,3-6,9H2,1-2H3,(H,16,19). The fourth-order valence-corrected chi connectivity index (χ4v) is 3.09. The Morgan fingerprint density at radius 3 is 2.89 bits per heavy atom. The fraction of sp³-hybridized carbons (Fsp3) is 0.571. The van der Waals surface area contributed by atoms with Crippen molar-refractivity contribution in [3.8, 4) is 0 Å². The summed E-state index contributed by atoms with van der Waals surface area (Å²) < 4.78 is 2.96. The molecule has 2 aromatic rings. The number of nitrogens with zero attached hydrogens (tertiary/aromatic N) is 3. The summed E-state index contributed by atoms with van der Waals surface area (Å²) in [7, 11) is 2.19. The number of piperidine rings is 1. The van der Waals surface area contributed by atoms with Gasteiger partial charge >= 0.3 is 0 Å². The zero-order chi connectivity index (χ0) is 13.4. The Hall–Kier alpha value is -1.20. The van der Waals surface area contributed by atoms with Crippen molar-refractivity contribution >= 4 is 23.4 Å². The van der Waals surface area contributed by atoms with Crippen LogP contribution in [-0.2, 0) is 6.54 Å². The fourth-order valence-electron chi connectivity index (χ4n) is 2.82. The molecule has 0 radical (unpaired) electrons. The van der Waals surface area contributed by atoms with Crippen LogP contribution in [0.25, 0.3) is 11.2 Å². The molecular formula is C14H20N4S. The lowest BCUT2D eigenvalue weighted by Gasteiger charge is -2.29. The Morgan fingerprint density at radius 1 is 1.42 bits per heavy atom. The van der Waals surface area contributed by atoms with E-state index in [2.05, 4.69) is 39.5 Å². The minimum Gasteiger partial charge on any atom is -0.329 e. The van der Waals surface area contributed by atoms with E-state index in [1.54, 1.807) is 0 Å². The van der Waals surface area contributed by atoms with Crippen molar-refractivity contribution in [3.63, 3.8) is 0 Å². The van der Waals surface area contributed by atoms with E-state index in [9.17, 15) is 0 Å². The van der Waals surface area contributed by atoms with Crippen molar-refractivity contribution in [2.75, 3.05) is 20.1 Å². The van der Waals surface area contributed by atoms with Crippen LogP contribution in [0, 0.1) is 17.6 Å². The smallest absolute Gasteiger partial charge is 0.179 e. The second-order valence-corrected chi connectivity index (χ2v) is 6.06. The SMILES string of the molecule is Cc1cnc2c(c1)[nH]c(=S)n2CC1CCN(C)CC1. The Kier molecular flexibility index (Phi) is 3.41. The number of pyridine rings is 1. The van der Waals surface area contributed by atoms with E-state index in [-0.39, 0.29) is 0 Å². The Bertz CT molecular complexity index is 634. The number of aromatic nitrogens is 3. The van der Waals surface area contributed by atoms with Gasteiger partial charge in [-0.05, 0) is 69.7 Å². The van der Waals surface area contributed by atoms with Gasteiger partial charge in [-0.3, -0.25) is 0 Å². The number of H-pyrrole nitrogens is 1. The van der Waals surface area contributed by atoms with Crippen LogP contribution in [0.15, 0.2) is 12.3 Å². The maximum Gasteiger partial charge on any atom is 0.179 e. The summed E-state index contributed by atoms with van der Waals surface area (Å²) in [6.07, 6.45) is 4.41. The average molecular weight is 276 g/mol. The molecule has 1 aliphatic rings. The summed E-state index contributed by atoms with van der Waals surface area (Å²) in [5, 5.41) is 0. The molecule has 4 nitrogen and oxygen atoms in total. The summed E-state index contributed by atoms with van der Waals surface area (Å²) in [6.45, 7) is 5.42. The minimum absolute atomic E-state index is 0.713. The molecule has 0 aliphatic carbocycles. The van der Waals surface area contributed by atoms with E-state index in [4.69, 9.17) is 12.2 Å². The first-order chi connectivity index (χ1) is 9.13. The molecule has 0 unspecified atom stereocenters.